The number of nitrogens with zero attached hydrogens (tertiary/aromatic N) is 6. The van der Waals surface area contributed by atoms with Crippen molar-refractivity contribution in [2.75, 3.05) is 31.1 Å². The largest absolute Gasteiger partial charge is 0.354 e. The van der Waals surface area contributed by atoms with E-state index in [9.17, 15) is 4.79 Å². The van der Waals surface area contributed by atoms with E-state index >= 15 is 0 Å². The minimum atomic E-state index is 0.0880. The van der Waals surface area contributed by atoms with Crippen LogP contribution in [0.4, 0.5) is 5.82 Å². The van der Waals surface area contributed by atoms with Crippen molar-refractivity contribution >= 4 is 22.8 Å². The van der Waals surface area contributed by atoms with Crippen molar-refractivity contribution in [3.8, 4) is 5.69 Å². The number of anilines is 1. The Morgan fingerprint density at radius 2 is 1.61 bits per heavy atom. The number of amides is 1. The zero-order chi connectivity index (χ0) is 22.8. The second-order valence-corrected chi connectivity index (χ2v) is 8.69. The first-order chi connectivity index (χ1) is 16.1. The van der Waals surface area contributed by atoms with Crippen LogP contribution in [-0.4, -0.2) is 56.7 Å². The lowest BCUT2D eigenvalue weighted by atomic mass is 10.2. The summed E-state index contributed by atoms with van der Waals surface area (Å²) in [4.78, 5) is 27.0. The third-order valence-corrected chi connectivity index (χ3v) is 6.05. The number of hydrogen-bond donors (Lipinski definition) is 0. The molecule has 5 rings (SSSR count). The van der Waals surface area contributed by atoms with Crippen molar-refractivity contribution in [2.45, 2.75) is 26.2 Å². The topological polar surface area (TPSA) is 67.2 Å². The Morgan fingerprint density at radius 3 is 2.33 bits per heavy atom. The zero-order valence-corrected chi connectivity index (χ0v) is 19.1. The van der Waals surface area contributed by atoms with E-state index in [0.29, 0.717) is 6.54 Å². The lowest BCUT2D eigenvalue weighted by Gasteiger charge is -2.24. The predicted octanol–water partition coefficient (Wildman–Crippen LogP) is 4.29. The first kappa shape index (κ1) is 21.1. The van der Waals surface area contributed by atoms with Gasteiger partial charge in [-0.25, -0.2) is 14.6 Å². The molecule has 7 heteroatoms. The summed E-state index contributed by atoms with van der Waals surface area (Å²) in [5.41, 5.74) is 2.53. The van der Waals surface area contributed by atoms with Crippen molar-refractivity contribution < 1.29 is 4.79 Å². The Hall–Kier alpha value is -3.74. The summed E-state index contributed by atoms with van der Waals surface area (Å²) < 4.78 is 1.88. The first-order valence-electron chi connectivity index (χ1n) is 11.5. The highest BCUT2D eigenvalue weighted by Crippen LogP contribution is 2.28. The summed E-state index contributed by atoms with van der Waals surface area (Å²) in [7, 11) is 0. The van der Waals surface area contributed by atoms with Crippen molar-refractivity contribution in [1.82, 2.24) is 24.6 Å². The average molecular weight is 441 g/mol. The molecular weight excluding hydrogens is 412 g/mol. The average Bonchev–Trinajstić information content (AvgIpc) is 3.13. The van der Waals surface area contributed by atoms with Gasteiger partial charge in [0.2, 0.25) is 0 Å². The fourth-order valence-electron chi connectivity index (χ4n) is 4.26. The second-order valence-electron chi connectivity index (χ2n) is 8.69. The SMILES string of the molecule is CC(C)c1nc(N2CCCN(C(=O)c3ccccc3)CC2)c2cnn(-c3ccccc3)c2n1. The third kappa shape index (κ3) is 4.18. The molecule has 0 aliphatic carbocycles. The maximum Gasteiger partial charge on any atom is 0.253 e. The molecule has 0 saturated carbocycles. The van der Waals surface area contributed by atoms with Gasteiger partial charge in [-0.05, 0) is 30.7 Å². The molecule has 0 bridgehead atoms. The number of rotatable bonds is 4. The Kier molecular flexibility index (Phi) is 5.77. The van der Waals surface area contributed by atoms with Crippen LogP contribution < -0.4 is 4.90 Å². The van der Waals surface area contributed by atoms with Gasteiger partial charge in [0.25, 0.3) is 5.91 Å². The summed E-state index contributed by atoms with van der Waals surface area (Å²) in [6.45, 7) is 7.16. The van der Waals surface area contributed by atoms with Crippen LogP contribution in [0.15, 0.2) is 66.9 Å². The van der Waals surface area contributed by atoms with Crippen molar-refractivity contribution in [2.24, 2.45) is 0 Å². The highest BCUT2D eigenvalue weighted by molar-refractivity contribution is 5.94. The number of carbonyl (C=O) groups excluding carboxylic acids is 1. The van der Waals surface area contributed by atoms with Gasteiger partial charge in [0.05, 0.1) is 17.3 Å². The van der Waals surface area contributed by atoms with Crippen LogP contribution in [0.5, 0.6) is 0 Å². The van der Waals surface area contributed by atoms with E-state index in [4.69, 9.17) is 9.97 Å². The zero-order valence-electron chi connectivity index (χ0n) is 19.1. The molecule has 1 amide bonds. The fourth-order valence-corrected chi connectivity index (χ4v) is 4.26. The van der Waals surface area contributed by atoms with Gasteiger partial charge in [0, 0.05) is 37.7 Å². The van der Waals surface area contributed by atoms with Crippen molar-refractivity contribution in [1.29, 1.82) is 0 Å². The van der Waals surface area contributed by atoms with Crippen molar-refractivity contribution in [3.05, 3.63) is 78.2 Å². The third-order valence-electron chi connectivity index (χ3n) is 6.05. The molecule has 7 nitrogen and oxygen atoms in total. The summed E-state index contributed by atoms with van der Waals surface area (Å²) in [6.07, 6.45) is 2.74. The molecule has 1 aliphatic heterocycles. The normalized spacial score (nSPS) is 14.6. The van der Waals surface area contributed by atoms with Gasteiger partial charge in [-0.1, -0.05) is 50.2 Å². The molecular formula is C26H28N6O. The molecule has 168 valence electrons. The van der Waals surface area contributed by atoms with Crippen LogP contribution in [-0.2, 0) is 0 Å². The molecule has 1 aliphatic rings. The van der Waals surface area contributed by atoms with E-state index in [1.54, 1.807) is 0 Å². The Balaban J connectivity index is 1.48. The van der Waals surface area contributed by atoms with Gasteiger partial charge >= 0.3 is 0 Å². The molecule has 0 atom stereocenters. The quantitative estimate of drug-likeness (QED) is 0.474. The summed E-state index contributed by atoms with van der Waals surface area (Å²) in [5.74, 6) is 1.98. The monoisotopic (exact) mass is 440 g/mol. The number of aromatic nitrogens is 4. The standard InChI is InChI=1S/C26H28N6O/c1-19(2)23-28-24(22-18-27-32(25(22)29-23)21-12-7-4-8-13-21)30-14-9-15-31(17-16-30)26(33)20-10-5-3-6-11-20/h3-8,10-13,18-19H,9,14-17H2,1-2H3. The van der Waals surface area contributed by atoms with Gasteiger partial charge in [0.1, 0.15) is 11.6 Å². The van der Waals surface area contributed by atoms with Crippen LogP contribution in [0.3, 0.4) is 0 Å². The van der Waals surface area contributed by atoms with E-state index < -0.39 is 0 Å². The molecule has 1 saturated heterocycles. The summed E-state index contributed by atoms with van der Waals surface area (Å²) in [6, 6.07) is 19.6. The van der Waals surface area contributed by atoms with E-state index in [2.05, 4.69) is 23.8 Å². The molecule has 3 heterocycles. The molecule has 1 fully saturated rings. The van der Waals surface area contributed by atoms with Gasteiger partial charge in [0.15, 0.2) is 5.65 Å². The number of fused-ring (bicyclic) bond motifs is 1. The Morgan fingerprint density at radius 1 is 0.879 bits per heavy atom. The minimum absolute atomic E-state index is 0.0880. The maximum absolute atomic E-state index is 13.0. The molecule has 2 aromatic heterocycles. The minimum Gasteiger partial charge on any atom is -0.354 e. The highest BCUT2D eigenvalue weighted by atomic mass is 16.2. The van der Waals surface area contributed by atoms with Crippen molar-refractivity contribution in [3.63, 3.8) is 0 Å². The van der Waals surface area contributed by atoms with Gasteiger partial charge in [-0.3, -0.25) is 4.79 Å². The van der Waals surface area contributed by atoms with E-state index in [1.165, 1.54) is 0 Å². The second kappa shape index (κ2) is 9.02. The molecule has 4 aromatic rings. The van der Waals surface area contributed by atoms with Crippen LogP contribution in [0.2, 0.25) is 0 Å². The van der Waals surface area contributed by atoms with E-state index in [0.717, 1.165) is 60.0 Å². The maximum atomic E-state index is 13.0. The van der Waals surface area contributed by atoms with Gasteiger partial charge < -0.3 is 9.80 Å². The molecule has 2 aromatic carbocycles. The first-order valence-corrected chi connectivity index (χ1v) is 11.5. The predicted molar refractivity (Wildman–Crippen MR) is 130 cm³/mol. The van der Waals surface area contributed by atoms with Crippen LogP contribution in [0.1, 0.15) is 42.4 Å². The number of para-hydroxylation sites is 1. The fraction of sp³-hybridized carbons (Fsp3) is 0.308. The number of carbonyl (C=O) groups is 1. The van der Waals surface area contributed by atoms with E-state index in [-0.39, 0.29) is 11.8 Å². The smallest absolute Gasteiger partial charge is 0.253 e. The molecule has 0 unspecified atom stereocenters. The van der Waals surface area contributed by atoms with Crippen LogP contribution >= 0.6 is 0 Å². The lowest BCUT2D eigenvalue weighted by molar-refractivity contribution is 0.0767. The van der Waals surface area contributed by atoms with Gasteiger partial charge in [-0.2, -0.15) is 5.10 Å². The van der Waals surface area contributed by atoms with E-state index in [1.807, 2.05) is 76.4 Å². The highest BCUT2D eigenvalue weighted by Gasteiger charge is 2.24. The van der Waals surface area contributed by atoms with Crippen LogP contribution in [0, 0.1) is 0 Å². The summed E-state index contributed by atoms with van der Waals surface area (Å²) in [5, 5.41) is 5.59. The Labute approximate surface area is 193 Å². The molecule has 33 heavy (non-hydrogen) atoms. The molecule has 0 radical (unpaired) electrons. The Bertz CT molecular complexity index is 1250. The number of hydrogen-bond acceptors (Lipinski definition) is 5. The van der Waals surface area contributed by atoms with Crippen LogP contribution in [0.25, 0.3) is 16.7 Å². The molecule has 0 N–H and O–H groups in total. The summed E-state index contributed by atoms with van der Waals surface area (Å²) >= 11 is 0. The number of benzene rings is 2. The lowest BCUT2D eigenvalue weighted by Crippen LogP contribution is -2.35. The van der Waals surface area contributed by atoms with Gasteiger partial charge in [-0.15, -0.1) is 0 Å². The molecule has 0 spiro atoms.